The Morgan fingerprint density at radius 2 is 1.38 bits per heavy atom. The third kappa shape index (κ3) is 11.7. The maximum absolute atomic E-state index is 10.4. The Labute approximate surface area is 216 Å². The van der Waals surface area contributed by atoms with Gasteiger partial charge in [0.05, 0.1) is 18.5 Å². The number of ether oxygens (including phenoxy) is 1. The van der Waals surface area contributed by atoms with Crippen LogP contribution in [0.3, 0.4) is 0 Å². The summed E-state index contributed by atoms with van der Waals surface area (Å²) in [6.45, 7) is 0. The quantitative estimate of drug-likeness (QED) is 0.103. The standard InChI is InChI=1S/C8H8O2.C7H10N2O.C7H7NO.C6H7NO/c1-10-8-4-2-7(6-9)3-5-8;1-9-5-2-3-7(10)6(8)4-5;8-7(9)6-4-2-1-3-5-6;7-5-3-1-2-4-6(5)8/h2-6H,1H3;2-4,9-10H,8H2,1H3;1-5H,(H2,8,9);1-4,8H,7H2. The highest BCUT2D eigenvalue weighted by Crippen LogP contribution is 2.22. The largest absolute Gasteiger partial charge is 0.506 e. The second-order valence-corrected chi connectivity index (χ2v) is 7.20. The Hall–Kier alpha value is -5.18. The number of rotatable bonds is 4. The number of methoxy groups -OCH3 is 1. The van der Waals surface area contributed by atoms with Gasteiger partial charge in [-0.2, -0.15) is 0 Å². The zero-order valence-electron chi connectivity index (χ0n) is 20.7. The summed E-state index contributed by atoms with van der Waals surface area (Å²) in [7, 11) is 3.39. The van der Waals surface area contributed by atoms with Gasteiger partial charge in [-0.15, -0.1) is 0 Å². The van der Waals surface area contributed by atoms with E-state index in [-0.39, 0.29) is 17.4 Å². The SMILES string of the molecule is CNc1ccc(O)c(N)c1.COc1ccc(C=O)cc1.NC(=O)c1ccccc1.Nc1ccccc1O. The first kappa shape index (κ1) is 29.9. The number of carbonyl (C=O) groups excluding carboxylic acids is 2. The first-order valence-electron chi connectivity index (χ1n) is 11.0. The minimum absolute atomic E-state index is 0.124. The van der Waals surface area contributed by atoms with E-state index in [1.54, 1.807) is 105 Å². The molecule has 0 aliphatic carbocycles. The first-order chi connectivity index (χ1) is 17.7. The molecule has 0 saturated heterocycles. The molecule has 4 aromatic carbocycles. The number of primary amides is 1. The van der Waals surface area contributed by atoms with E-state index in [2.05, 4.69) is 5.32 Å². The van der Waals surface area contributed by atoms with Crippen molar-refractivity contribution in [2.75, 3.05) is 30.9 Å². The van der Waals surface area contributed by atoms with Gasteiger partial charge in [-0.1, -0.05) is 30.3 Å². The molecule has 9 N–H and O–H groups in total. The fourth-order valence-corrected chi connectivity index (χ4v) is 2.48. The molecule has 1 amide bonds. The van der Waals surface area contributed by atoms with Crippen molar-refractivity contribution in [3.05, 3.63) is 108 Å². The number of nitrogen functional groups attached to an aromatic ring is 2. The summed E-state index contributed by atoms with van der Waals surface area (Å²) >= 11 is 0. The number of aromatic hydroxyl groups is 2. The predicted molar refractivity (Wildman–Crippen MR) is 148 cm³/mol. The third-order valence-electron chi connectivity index (χ3n) is 4.56. The van der Waals surface area contributed by atoms with Crippen LogP contribution in [-0.2, 0) is 0 Å². The van der Waals surface area contributed by atoms with Gasteiger partial charge in [-0.3, -0.25) is 9.59 Å². The predicted octanol–water partition coefficient (Wildman–Crippen LogP) is 4.28. The van der Waals surface area contributed by atoms with Crippen LogP contribution in [-0.4, -0.2) is 36.6 Å². The summed E-state index contributed by atoms with van der Waals surface area (Å²) < 4.78 is 4.90. The number of hydrogen-bond donors (Lipinski definition) is 6. The normalized spacial score (nSPS) is 9.03. The lowest BCUT2D eigenvalue weighted by Crippen LogP contribution is -2.09. The number of aldehydes is 1. The van der Waals surface area contributed by atoms with Crippen LogP contribution in [0.4, 0.5) is 17.1 Å². The van der Waals surface area contributed by atoms with Gasteiger partial charge in [0.2, 0.25) is 5.91 Å². The molecule has 0 saturated carbocycles. The van der Waals surface area contributed by atoms with Crippen molar-refractivity contribution < 1.29 is 24.5 Å². The van der Waals surface area contributed by atoms with Crippen molar-refractivity contribution >= 4 is 29.3 Å². The maximum atomic E-state index is 10.4. The smallest absolute Gasteiger partial charge is 0.248 e. The highest BCUT2D eigenvalue weighted by molar-refractivity contribution is 5.92. The highest BCUT2D eigenvalue weighted by Gasteiger charge is 1.95. The summed E-state index contributed by atoms with van der Waals surface area (Å²) in [6.07, 6.45) is 0.805. The maximum Gasteiger partial charge on any atom is 0.248 e. The van der Waals surface area contributed by atoms with Crippen LogP contribution in [0.25, 0.3) is 0 Å². The van der Waals surface area contributed by atoms with E-state index in [0.29, 0.717) is 22.5 Å². The molecule has 0 unspecified atom stereocenters. The molecule has 4 aromatic rings. The zero-order chi connectivity index (χ0) is 27.6. The van der Waals surface area contributed by atoms with Crippen LogP contribution in [0.5, 0.6) is 17.2 Å². The molecule has 37 heavy (non-hydrogen) atoms. The fourth-order valence-electron chi connectivity index (χ4n) is 2.48. The molecular formula is C28H32N4O5. The number of anilines is 3. The number of hydrogen-bond acceptors (Lipinski definition) is 8. The van der Waals surface area contributed by atoms with Crippen LogP contribution < -0.4 is 27.3 Å². The molecule has 0 atom stereocenters. The van der Waals surface area contributed by atoms with E-state index in [4.69, 9.17) is 32.2 Å². The van der Waals surface area contributed by atoms with Crippen molar-refractivity contribution in [3.8, 4) is 17.2 Å². The van der Waals surface area contributed by atoms with E-state index in [0.717, 1.165) is 17.7 Å². The van der Waals surface area contributed by atoms with Gasteiger partial charge in [0.15, 0.2) is 0 Å². The van der Waals surface area contributed by atoms with E-state index in [1.165, 1.54) is 0 Å². The molecule has 0 spiro atoms. The van der Waals surface area contributed by atoms with Crippen molar-refractivity contribution in [3.63, 3.8) is 0 Å². The Morgan fingerprint density at radius 1 is 0.811 bits per heavy atom. The summed E-state index contributed by atoms with van der Waals surface area (Å²) in [4.78, 5) is 20.6. The number of benzene rings is 4. The van der Waals surface area contributed by atoms with Gasteiger partial charge in [-0.05, 0) is 66.7 Å². The Balaban J connectivity index is 0.000000248. The molecule has 0 heterocycles. The second-order valence-electron chi connectivity index (χ2n) is 7.20. The van der Waals surface area contributed by atoms with Crippen molar-refractivity contribution in [1.29, 1.82) is 0 Å². The van der Waals surface area contributed by atoms with Gasteiger partial charge in [0.1, 0.15) is 23.5 Å². The number of phenols is 2. The molecule has 9 nitrogen and oxygen atoms in total. The monoisotopic (exact) mass is 504 g/mol. The average Bonchev–Trinajstić information content (AvgIpc) is 2.93. The van der Waals surface area contributed by atoms with Crippen LogP contribution in [0.1, 0.15) is 20.7 Å². The van der Waals surface area contributed by atoms with Crippen molar-refractivity contribution in [2.45, 2.75) is 0 Å². The lowest BCUT2D eigenvalue weighted by molar-refractivity contribution is 0.0999. The summed E-state index contributed by atoms with van der Waals surface area (Å²) in [5, 5.41) is 20.7. The lowest BCUT2D eigenvalue weighted by atomic mass is 10.2. The number of carbonyl (C=O) groups is 2. The fraction of sp³-hybridized carbons (Fsp3) is 0.0714. The van der Waals surface area contributed by atoms with Crippen LogP contribution in [0.15, 0.2) is 97.1 Å². The molecule has 0 fully saturated rings. The van der Waals surface area contributed by atoms with Gasteiger partial charge >= 0.3 is 0 Å². The third-order valence-corrected chi connectivity index (χ3v) is 4.56. The minimum atomic E-state index is -0.379. The van der Waals surface area contributed by atoms with Gasteiger partial charge in [-0.25, -0.2) is 0 Å². The average molecular weight is 505 g/mol. The van der Waals surface area contributed by atoms with E-state index in [9.17, 15) is 9.59 Å². The number of nitrogens with two attached hydrogens (primary N) is 3. The summed E-state index contributed by atoms with van der Waals surface area (Å²) in [5.74, 6) is 0.660. The van der Waals surface area contributed by atoms with Gasteiger partial charge < -0.3 is 37.5 Å². The molecule has 0 aliphatic rings. The number of nitrogens with one attached hydrogen (secondary N) is 1. The molecule has 0 bridgehead atoms. The number of para-hydroxylation sites is 2. The Morgan fingerprint density at radius 3 is 1.78 bits per heavy atom. The first-order valence-corrected chi connectivity index (χ1v) is 11.0. The van der Waals surface area contributed by atoms with Gasteiger partial charge in [0, 0.05) is 23.9 Å². The topological polar surface area (TPSA) is 174 Å². The zero-order valence-corrected chi connectivity index (χ0v) is 20.7. The molecule has 4 rings (SSSR count). The second kappa shape index (κ2) is 16.4. The van der Waals surface area contributed by atoms with Crippen LogP contribution in [0.2, 0.25) is 0 Å². The van der Waals surface area contributed by atoms with Crippen molar-refractivity contribution in [1.82, 2.24) is 0 Å². The summed E-state index contributed by atoms with van der Waals surface area (Å²) in [6, 6.07) is 27.4. The highest BCUT2D eigenvalue weighted by atomic mass is 16.5. The van der Waals surface area contributed by atoms with E-state index >= 15 is 0 Å². The Bertz CT molecular complexity index is 1210. The molecule has 0 aliphatic heterocycles. The number of phenolic OH excluding ortho intramolecular Hbond substituents is 2. The van der Waals surface area contributed by atoms with Crippen molar-refractivity contribution in [2.24, 2.45) is 5.73 Å². The van der Waals surface area contributed by atoms with Gasteiger partial charge in [0.25, 0.3) is 0 Å². The molecule has 194 valence electrons. The lowest BCUT2D eigenvalue weighted by Gasteiger charge is -2.01. The van der Waals surface area contributed by atoms with E-state index in [1.807, 2.05) is 6.07 Å². The summed E-state index contributed by atoms with van der Waals surface area (Å²) in [5.41, 5.74) is 18.6. The molecule has 9 heteroatoms. The minimum Gasteiger partial charge on any atom is -0.506 e. The number of amides is 1. The molecular weight excluding hydrogens is 472 g/mol. The van der Waals surface area contributed by atoms with Crippen LogP contribution >= 0.6 is 0 Å². The molecule has 0 aromatic heterocycles. The van der Waals surface area contributed by atoms with Crippen LogP contribution in [0, 0.1) is 0 Å². The molecule has 0 radical (unpaired) electrons. The Kier molecular flexibility index (Phi) is 13.3. The van der Waals surface area contributed by atoms with E-state index < -0.39 is 0 Å².